The van der Waals surface area contributed by atoms with Crippen LogP contribution in [-0.4, -0.2) is 23.6 Å². The number of rotatable bonds is 8. The zero-order valence-electron chi connectivity index (χ0n) is 17.9. The van der Waals surface area contributed by atoms with Crippen LogP contribution in [0.3, 0.4) is 0 Å². The quantitative estimate of drug-likeness (QED) is 0.371. The van der Waals surface area contributed by atoms with Crippen LogP contribution in [0.5, 0.6) is 5.75 Å². The minimum absolute atomic E-state index is 0.0327. The van der Waals surface area contributed by atoms with E-state index in [4.69, 9.17) is 31.1 Å². The number of nitrogens with two attached hydrogens (primary N) is 1. The molecule has 1 fully saturated rings. The largest absolute Gasteiger partial charge is 0.489 e. The normalized spacial score (nSPS) is 22.8. The summed E-state index contributed by atoms with van der Waals surface area (Å²) in [6, 6.07) is 23.9. The van der Waals surface area contributed by atoms with Gasteiger partial charge in [-0.3, -0.25) is 9.05 Å². The van der Waals surface area contributed by atoms with Crippen LogP contribution < -0.4 is 10.5 Å². The third-order valence-electron chi connectivity index (χ3n) is 5.24. The van der Waals surface area contributed by atoms with E-state index in [0.717, 1.165) is 26.7 Å². The molecule has 0 unspecified atom stereocenters. The summed E-state index contributed by atoms with van der Waals surface area (Å²) < 4.78 is 27.0. The SMILES string of the molecule is NC1(CCc2ccc(Sc3cccc(OCc4ccccc4)c3)cc2Cl)COP(=O)(O)OC1. The number of phosphoric ester groups is 1. The van der Waals surface area contributed by atoms with Crippen LogP contribution in [0.4, 0.5) is 0 Å². The smallest absolute Gasteiger partial charge is 0.472 e. The average Bonchev–Trinajstić information content (AvgIpc) is 2.81. The Kier molecular flexibility index (Phi) is 7.82. The monoisotopic (exact) mass is 505 g/mol. The van der Waals surface area contributed by atoms with Crippen molar-refractivity contribution in [1.29, 1.82) is 0 Å². The Morgan fingerprint density at radius 2 is 1.76 bits per heavy atom. The van der Waals surface area contributed by atoms with Crippen LogP contribution in [-0.2, 0) is 26.6 Å². The van der Waals surface area contributed by atoms with Crippen molar-refractivity contribution in [3.05, 3.63) is 88.9 Å². The Morgan fingerprint density at radius 3 is 2.48 bits per heavy atom. The Labute approximate surface area is 202 Å². The van der Waals surface area contributed by atoms with Gasteiger partial charge in [-0.15, -0.1) is 0 Å². The number of halogens is 1. The van der Waals surface area contributed by atoms with Gasteiger partial charge in [-0.05, 0) is 54.3 Å². The number of aryl methyl sites for hydroxylation is 1. The highest BCUT2D eigenvalue weighted by atomic mass is 35.5. The minimum atomic E-state index is -3.95. The number of hydrogen-bond donors (Lipinski definition) is 2. The fourth-order valence-electron chi connectivity index (χ4n) is 3.33. The molecule has 174 valence electrons. The Morgan fingerprint density at radius 1 is 1.03 bits per heavy atom. The Hall–Kier alpha value is -1.83. The minimum Gasteiger partial charge on any atom is -0.489 e. The second-order valence-corrected chi connectivity index (χ2v) is 11.0. The van der Waals surface area contributed by atoms with E-state index < -0.39 is 13.4 Å². The van der Waals surface area contributed by atoms with Crippen molar-refractivity contribution in [3.8, 4) is 5.75 Å². The summed E-state index contributed by atoms with van der Waals surface area (Å²) in [5.74, 6) is 0.809. The van der Waals surface area contributed by atoms with Gasteiger partial charge in [0.2, 0.25) is 0 Å². The molecule has 9 heteroatoms. The topological polar surface area (TPSA) is 91.0 Å². The van der Waals surface area contributed by atoms with E-state index in [1.807, 2.05) is 72.8 Å². The Balaban J connectivity index is 1.34. The molecule has 3 aromatic carbocycles. The van der Waals surface area contributed by atoms with Crippen LogP contribution in [0.1, 0.15) is 17.5 Å². The first-order chi connectivity index (χ1) is 15.8. The molecule has 6 nitrogen and oxygen atoms in total. The molecule has 0 amide bonds. The summed E-state index contributed by atoms with van der Waals surface area (Å²) in [6.45, 7) is 0.452. The number of benzene rings is 3. The zero-order valence-corrected chi connectivity index (χ0v) is 20.3. The van der Waals surface area contributed by atoms with Gasteiger partial charge >= 0.3 is 7.82 Å². The second kappa shape index (κ2) is 10.6. The predicted octanol–water partition coefficient (Wildman–Crippen LogP) is 5.85. The third-order valence-corrected chi connectivity index (χ3v) is 7.48. The highest BCUT2D eigenvalue weighted by Crippen LogP contribution is 2.48. The van der Waals surface area contributed by atoms with Gasteiger partial charge in [0.15, 0.2) is 0 Å². The highest BCUT2D eigenvalue weighted by molar-refractivity contribution is 7.99. The fraction of sp³-hybridized carbons (Fsp3) is 0.250. The van der Waals surface area contributed by atoms with Crippen LogP contribution in [0.15, 0.2) is 82.6 Å². The van der Waals surface area contributed by atoms with Crippen LogP contribution in [0.25, 0.3) is 0 Å². The standard InChI is InChI=1S/C24H25ClNO5PS/c25-23-14-22(10-9-19(23)11-12-24(26)16-30-32(27,28)31-17-24)33-21-8-4-7-20(13-21)29-15-18-5-2-1-3-6-18/h1-10,13-14H,11-12,15-17,26H2,(H,27,28). The van der Waals surface area contributed by atoms with Crippen LogP contribution in [0.2, 0.25) is 5.02 Å². The van der Waals surface area contributed by atoms with Gasteiger partial charge in [-0.25, -0.2) is 4.57 Å². The van der Waals surface area contributed by atoms with Crippen molar-refractivity contribution < 1.29 is 23.2 Å². The summed E-state index contributed by atoms with van der Waals surface area (Å²) in [7, 11) is -3.95. The lowest BCUT2D eigenvalue weighted by molar-refractivity contribution is 0.0372. The summed E-state index contributed by atoms with van der Waals surface area (Å²) >= 11 is 8.13. The first kappa shape index (κ1) is 24.3. The van der Waals surface area contributed by atoms with Gasteiger partial charge in [0, 0.05) is 14.8 Å². The number of hydrogen-bond acceptors (Lipinski definition) is 6. The van der Waals surface area contributed by atoms with Gasteiger partial charge < -0.3 is 15.4 Å². The molecule has 1 saturated heterocycles. The molecule has 0 aromatic heterocycles. The van der Waals surface area contributed by atoms with Crippen LogP contribution >= 0.6 is 31.2 Å². The van der Waals surface area contributed by atoms with Gasteiger partial charge in [0.25, 0.3) is 0 Å². The van der Waals surface area contributed by atoms with E-state index in [0.29, 0.717) is 24.5 Å². The molecule has 1 aliphatic heterocycles. The maximum absolute atomic E-state index is 11.4. The van der Waals surface area contributed by atoms with Crippen molar-refractivity contribution in [2.75, 3.05) is 13.2 Å². The first-order valence-electron chi connectivity index (χ1n) is 10.4. The second-order valence-electron chi connectivity index (χ2n) is 7.98. The van der Waals surface area contributed by atoms with Crippen molar-refractivity contribution in [2.24, 2.45) is 5.73 Å². The molecule has 33 heavy (non-hydrogen) atoms. The Bertz CT molecular complexity index is 1130. The summed E-state index contributed by atoms with van der Waals surface area (Å²) in [5.41, 5.74) is 7.49. The molecule has 4 rings (SSSR count). The van der Waals surface area contributed by atoms with E-state index in [1.54, 1.807) is 11.8 Å². The molecule has 1 heterocycles. The zero-order chi connectivity index (χ0) is 23.3. The molecular weight excluding hydrogens is 481 g/mol. The molecule has 0 saturated carbocycles. The van der Waals surface area contributed by atoms with E-state index in [9.17, 15) is 9.46 Å². The van der Waals surface area contributed by atoms with Gasteiger partial charge in [0.05, 0.1) is 18.8 Å². The molecular formula is C24H25ClNO5PS. The molecule has 0 bridgehead atoms. The molecule has 0 aliphatic carbocycles. The molecule has 0 spiro atoms. The average molecular weight is 506 g/mol. The van der Waals surface area contributed by atoms with Gasteiger partial charge in [-0.1, -0.05) is 65.8 Å². The molecule has 0 radical (unpaired) electrons. The lowest BCUT2D eigenvalue weighted by Gasteiger charge is -2.34. The lowest BCUT2D eigenvalue weighted by Crippen LogP contribution is -2.51. The first-order valence-corrected chi connectivity index (χ1v) is 13.1. The van der Waals surface area contributed by atoms with Crippen molar-refractivity contribution in [1.82, 2.24) is 0 Å². The van der Waals surface area contributed by atoms with E-state index >= 15 is 0 Å². The lowest BCUT2D eigenvalue weighted by atomic mass is 9.94. The number of phosphoric acid groups is 1. The van der Waals surface area contributed by atoms with Crippen molar-refractivity contribution >= 4 is 31.2 Å². The van der Waals surface area contributed by atoms with Gasteiger partial charge in [0.1, 0.15) is 12.4 Å². The van der Waals surface area contributed by atoms with E-state index in [-0.39, 0.29) is 13.2 Å². The van der Waals surface area contributed by atoms with E-state index in [2.05, 4.69) is 0 Å². The number of ether oxygens (including phenoxy) is 1. The summed E-state index contributed by atoms with van der Waals surface area (Å²) in [6.07, 6.45) is 1.12. The molecule has 0 atom stereocenters. The highest BCUT2D eigenvalue weighted by Gasteiger charge is 2.38. The predicted molar refractivity (Wildman–Crippen MR) is 130 cm³/mol. The molecule has 3 aromatic rings. The summed E-state index contributed by atoms with van der Waals surface area (Å²) in [4.78, 5) is 11.4. The third kappa shape index (κ3) is 7.08. The molecule has 1 aliphatic rings. The van der Waals surface area contributed by atoms with E-state index in [1.165, 1.54) is 0 Å². The molecule has 3 N–H and O–H groups in total. The summed E-state index contributed by atoms with van der Waals surface area (Å²) in [5, 5.41) is 0.644. The maximum Gasteiger partial charge on any atom is 0.472 e. The fourth-order valence-corrected chi connectivity index (χ4v) is 5.49. The van der Waals surface area contributed by atoms with Crippen molar-refractivity contribution in [2.45, 2.75) is 34.8 Å². The van der Waals surface area contributed by atoms with Gasteiger partial charge in [-0.2, -0.15) is 0 Å². The maximum atomic E-state index is 11.4. The van der Waals surface area contributed by atoms with Crippen LogP contribution in [0, 0.1) is 0 Å². The van der Waals surface area contributed by atoms with Crippen molar-refractivity contribution in [3.63, 3.8) is 0 Å².